The summed E-state index contributed by atoms with van der Waals surface area (Å²) in [6.07, 6.45) is 11.8. The number of ether oxygens (including phenoxy) is 1. The molecule has 5 rings (SSSR count). The van der Waals surface area contributed by atoms with E-state index in [1.165, 1.54) is 18.4 Å². The number of fused-ring (bicyclic) bond motifs is 1. The van der Waals surface area contributed by atoms with E-state index in [0.717, 1.165) is 45.0 Å². The van der Waals surface area contributed by atoms with Crippen LogP contribution in [0.4, 0.5) is 0 Å². The summed E-state index contributed by atoms with van der Waals surface area (Å²) >= 11 is 0. The van der Waals surface area contributed by atoms with E-state index in [-0.39, 0.29) is 18.1 Å². The van der Waals surface area contributed by atoms with Gasteiger partial charge in [-0.05, 0) is 61.1 Å². The van der Waals surface area contributed by atoms with Gasteiger partial charge in [-0.25, -0.2) is 0 Å². The van der Waals surface area contributed by atoms with E-state index in [1.807, 2.05) is 19.4 Å². The maximum atomic E-state index is 12.8. The predicted octanol–water partition coefficient (Wildman–Crippen LogP) is 2.25. The number of aryl methyl sites for hydroxylation is 1. The van der Waals surface area contributed by atoms with Gasteiger partial charge in [-0.3, -0.25) is 19.4 Å². The highest BCUT2D eigenvalue weighted by atomic mass is 16.5. The molecular formula is C23H31N5O2. The maximum absolute atomic E-state index is 12.8. The lowest BCUT2D eigenvalue weighted by atomic mass is 9.77. The van der Waals surface area contributed by atoms with Crippen molar-refractivity contribution in [3.63, 3.8) is 0 Å². The minimum atomic E-state index is -0.0433. The molecule has 2 aromatic heterocycles. The smallest absolute Gasteiger partial charge is 0.254 e. The average molecular weight is 410 g/mol. The molecule has 0 aromatic carbocycles. The number of likely N-dealkylation sites (tertiary alicyclic amines) is 1. The summed E-state index contributed by atoms with van der Waals surface area (Å²) in [7, 11) is 1.83. The number of hydrogen-bond acceptors (Lipinski definition) is 5. The van der Waals surface area contributed by atoms with Crippen LogP contribution in [0.1, 0.15) is 41.6 Å². The van der Waals surface area contributed by atoms with E-state index in [1.54, 1.807) is 17.1 Å². The van der Waals surface area contributed by atoms with Gasteiger partial charge >= 0.3 is 0 Å². The SMILES string of the molecule is Cn1cc(C(=O)N[C@H]2C[C@H]3CN(Cc4ccncc4)C[C@H]3C[C@@H]2OCC2CC2)cn1. The number of carbonyl (C=O) groups is 1. The van der Waals surface area contributed by atoms with E-state index in [4.69, 9.17) is 4.74 Å². The number of aromatic nitrogens is 3. The lowest BCUT2D eigenvalue weighted by Gasteiger charge is -2.38. The first kappa shape index (κ1) is 19.7. The first-order chi connectivity index (χ1) is 14.6. The minimum Gasteiger partial charge on any atom is -0.376 e. The second-order valence-corrected chi connectivity index (χ2v) is 9.34. The fourth-order valence-corrected chi connectivity index (χ4v) is 5.06. The molecule has 1 N–H and O–H groups in total. The van der Waals surface area contributed by atoms with Gasteiger partial charge in [-0.2, -0.15) is 5.10 Å². The van der Waals surface area contributed by atoms with Crippen molar-refractivity contribution in [3.8, 4) is 0 Å². The zero-order valence-corrected chi connectivity index (χ0v) is 17.6. The second-order valence-electron chi connectivity index (χ2n) is 9.34. The monoisotopic (exact) mass is 409 g/mol. The third-order valence-corrected chi connectivity index (χ3v) is 6.87. The van der Waals surface area contributed by atoms with Crippen molar-refractivity contribution in [3.05, 3.63) is 48.0 Å². The number of nitrogens with zero attached hydrogens (tertiary/aromatic N) is 4. The number of amides is 1. The fraction of sp³-hybridized carbons (Fsp3) is 0.609. The van der Waals surface area contributed by atoms with Crippen LogP contribution >= 0.6 is 0 Å². The quantitative estimate of drug-likeness (QED) is 0.759. The van der Waals surface area contributed by atoms with Crippen LogP contribution in [0.5, 0.6) is 0 Å². The molecule has 3 fully saturated rings. The lowest BCUT2D eigenvalue weighted by Crippen LogP contribution is -2.50. The minimum absolute atomic E-state index is 0.0433. The summed E-state index contributed by atoms with van der Waals surface area (Å²) in [6.45, 7) is 4.00. The number of nitrogens with one attached hydrogen (secondary N) is 1. The highest BCUT2D eigenvalue weighted by molar-refractivity contribution is 5.93. The van der Waals surface area contributed by atoms with Crippen LogP contribution in [0.15, 0.2) is 36.9 Å². The molecule has 1 aliphatic heterocycles. The van der Waals surface area contributed by atoms with Gasteiger partial charge in [-0.1, -0.05) is 0 Å². The zero-order chi connectivity index (χ0) is 20.5. The molecule has 3 aliphatic rings. The largest absolute Gasteiger partial charge is 0.376 e. The van der Waals surface area contributed by atoms with Gasteiger partial charge in [-0.15, -0.1) is 0 Å². The Hall–Kier alpha value is -2.25. The van der Waals surface area contributed by atoms with Gasteiger partial charge in [0.15, 0.2) is 0 Å². The van der Waals surface area contributed by atoms with Crippen molar-refractivity contribution in [1.82, 2.24) is 25.0 Å². The van der Waals surface area contributed by atoms with Crippen molar-refractivity contribution in [2.24, 2.45) is 24.8 Å². The average Bonchev–Trinajstić information content (AvgIpc) is 3.34. The van der Waals surface area contributed by atoms with Crippen molar-refractivity contribution >= 4 is 5.91 Å². The molecule has 0 spiro atoms. The van der Waals surface area contributed by atoms with Crippen LogP contribution in [-0.4, -0.2) is 57.4 Å². The lowest BCUT2D eigenvalue weighted by molar-refractivity contribution is -0.0212. The number of rotatable bonds is 7. The molecule has 4 atom stereocenters. The Morgan fingerprint density at radius 1 is 1.20 bits per heavy atom. The Kier molecular flexibility index (Phi) is 5.56. The highest BCUT2D eigenvalue weighted by Gasteiger charge is 2.43. The normalized spacial score (nSPS) is 29.0. The van der Waals surface area contributed by atoms with Crippen molar-refractivity contribution in [1.29, 1.82) is 0 Å². The summed E-state index contributed by atoms with van der Waals surface area (Å²) in [5.74, 6) is 1.93. The van der Waals surface area contributed by atoms with E-state index in [0.29, 0.717) is 17.4 Å². The van der Waals surface area contributed by atoms with Crippen LogP contribution in [0.3, 0.4) is 0 Å². The predicted molar refractivity (Wildman–Crippen MR) is 113 cm³/mol. The fourth-order valence-electron chi connectivity index (χ4n) is 5.06. The standard InChI is InChI=1S/C23H31N5O2/c1-27-12-20(10-25-27)23(29)26-21-8-18-13-28(11-16-4-6-24-7-5-16)14-19(18)9-22(21)30-15-17-2-3-17/h4-7,10,12,17-19,21-22H,2-3,8-9,11,13-15H2,1H3,(H,26,29)/t18-,19+,21-,22-/m0/s1. The summed E-state index contributed by atoms with van der Waals surface area (Å²) in [5.41, 5.74) is 1.93. The molecule has 30 heavy (non-hydrogen) atoms. The second kappa shape index (κ2) is 8.47. The summed E-state index contributed by atoms with van der Waals surface area (Å²) in [5, 5.41) is 7.41. The Labute approximate surface area is 177 Å². The van der Waals surface area contributed by atoms with Gasteiger partial charge in [0.25, 0.3) is 5.91 Å². The number of hydrogen-bond donors (Lipinski definition) is 1. The molecule has 0 bridgehead atoms. The van der Waals surface area contributed by atoms with Crippen LogP contribution in [0.25, 0.3) is 0 Å². The first-order valence-corrected chi connectivity index (χ1v) is 11.2. The van der Waals surface area contributed by atoms with Crippen LogP contribution in [-0.2, 0) is 18.3 Å². The van der Waals surface area contributed by atoms with Gasteiger partial charge in [0.1, 0.15) is 0 Å². The molecule has 0 unspecified atom stereocenters. The van der Waals surface area contributed by atoms with Gasteiger partial charge in [0, 0.05) is 51.9 Å². The van der Waals surface area contributed by atoms with Gasteiger partial charge in [0.05, 0.1) is 23.9 Å². The van der Waals surface area contributed by atoms with E-state index < -0.39 is 0 Å². The number of pyridine rings is 1. The first-order valence-electron chi connectivity index (χ1n) is 11.2. The molecule has 2 aliphatic carbocycles. The summed E-state index contributed by atoms with van der Waals surface area (Å²) in [6, 6.07) is 4.26. The van der Waals surface area contributed by atoms with E-state index in [9.17, 15) is 4.79 Å². The Morgan fingerprint density at radius 2 is 1.97 bits per heavy atom. The van der Waals surface area contributed by atoms with Gasteiger partial charge < -0.3 is 10.1 Å². The summed E-state index contributed by atoms with van der Waals surface area (Å²) < 4.78 is 8.03. The molecule has 1 saturated heterocycles. The summed E-state index contributed by atoms with van der Waals surface area (Å²) in [4.78, 5) is 19.5. The molecule has 2 saturated carbocycles. The van der Waals surface area contributed by atoms with Crippen molar-refractivity contribution in [2.75, 3.05) is 19.7 Å². The molecule has 7 heteroatoms. The molecular weight excluding hydrogens is 378 g/mol. The van der Waals surface area contributed by atoms with Crippen LogP contribution in [0, 0.1) is 17.8 Å². The third-order valence-electron chi connectivity index (χ3n) is 6.87. The highest BCUT2D eigenvalue weighted by Crippen LogP contribution is 2.39. The molecule has 160 valence electrons. The molecule has 0 radical (unpaired) electrons. The zero-order valence-electron chi connectivity index (χ0n) is 17.6. The van der Waals surface area contributed by atoms with Crippen LogP contribution < -0.4 is 5.32 Å². The molecule has 2 aromatic rings. The van der Waals surface area contributed by atoms with Crippen molar-refractivity contribution < 1.29 is 9.53 Å². The maximum Gasteiger partial charge on any atom is 0.254 e. The van der Waals surface area contributed by atoms with Crippen LogP contribution in [0.2, 0.25) is 0 Å². The van der Waals surface area contributed by atoms with E-state index >= 15 is 0 Å². The molecule has 3 heterocycles. The van der Waals surface area contributed by atoms with Gasteiger partial charge in [0.2, 0.25) is 0 Å². The number of carbonyl (C=O) groups excluding carboxylic acids is 1. The Balaban J connectivity index is 1.24. The Morgan fingerprint density at radius 3 is 2.67 bits per heavy atom. The Bertz CT molecular complexity index is 865. The van der Waals surface area contributed by atoms with E-state index in [2.05, 4.69) is 32.4 Å². The third kappa shape index (κ3) is 4.57. The van der Waals surface area contributed by atoms with Crippen molar-refractivity contribution in [2.45, 2.75) is 44.4 Å². The molecule has 1 amide bonds. The topological polar surface area (TPSA) is 72.3 Å². The molecule has 7 nitrogen and oxygen atoms in total.